The van der Waals surface area contributed by atoms with E-state index in [9.17, 15) is 52.7 Å². The van der Waals surface area contributed by atoms with Gasteiger partial charge in [0.25, 0.3) is 0 Å². The van der Waals surface area contributed by atoms with Gasteiger partial charge in [0.05, 0.1) is 71.7 Å². The molecule has 0 rings (SSSR count). The first-order valence-electron chi connectivity index (χ1n) is 41.5. The standard InChI is InChI=1S/C16H32N2O4.2C14H28N2O4.C12H23NO3.C11H24N2O2.C9H20N2O2.C5H9BrO2/c1-5-21-14(19)10-13-17-11-8-6-7-9-12-18-15(20)22-16(2,3)4;2*1-5-19-12(17)8-11-15-9-6-7-10-16-13(18)20-14(2,3)4;1-2-16-12(15)10-8-6-4-3-5-7-9-11(13)14;1-4-15-11(14)7-9-12-8-5-6-10-13(2)3;1-9(2,3)13-8(12)11-7-5-4-6-10;1-2-8-5(7)3-4-6/h17H,5-13H2,1-4H3,(H,18,20);2*15H,5-11H2,1-4H3,(H,16,18);2-10H2,1H3,(H2,13,14);12H,4-10H2,1-3H3;4-7,10H2,1-3H3,(H,11,12);2-4H2,1H3. The predicted molar refractivity (Wildman–Crippen MR) is 454 cm³/mol. The van der Waals surface area contributed by atoms with Gasteiger partial charge in [-0.25, -0.2) is 19.2 Å². The molecule has 0 heterocycles. The molecule has 12 N–H and O–H groups in total. The summed E-state index contributed by atoms with van der Waals surface area (Å²) in [6.07, 6.45) is 19.7. The number of primary amides is 1. The van der Waals surface area contributed by atoms with E-state index in [-0.39, 0.29) is 66.1 Å². The van der Waals surface area contributed by atoms with Crippen molar-refractivity contribution in [3.8, 4) is 0 Å². The van der Waals surface area contributed by atoms with Crippen LogP contribution in [0.2, 0.25) is 0 Å². The van der Waals surface area contributed by atoms with E-state index in [0.29, 0.717) is 142 Å². The van der Waals surface area contributed by atoms with Crippen molar-refractivity contribution in [3.63, 3.8) is 0 Å². The smallest absolute Gasteiger partial charge is 0.407 e. The Bertz CT molecular complexity index is 2280. The maximum Gasteiger partial charge on any atom is 0.407 e. The van der Waals surface area contributed by atoms with Crippen LogP contribution in [0.25, 0.3) is 0 Å². The zero-order chi connectivity index (χ0) is 88.2. The number of carbonyl (C=O) groups excluding carboxylic acids is 11. The van der Waals surface area contributed by atoms with Gasteiger partial charge in [0, 0.05) is 70.5 Å². The van der Waals surface area contributed by atoms with Gasteiger partial charge < -0.3 is 106 Å². The maximum atomic E-state index is 11.4. The van der Waals surface area contributed by atoms with E-state index in [1.807, 2.05) is 104 Å². The zero-order valence-corrected chi connectivity index (χ0v) is 76.2. The number of ether oxygens (including phenoxy) is 10. The summed E-state index contributed by atoms with van der Waals surface area (Å²) in [5, 5.41) is 24.3. The van der Waals surface area contributed by atoms with E-state index in [1.54, 1.807) is 20.8 Å². The van der Waals surface area contributed by atoms with Crippen molar-refractivity contribution in [1.29, 1.82) is 0 Å². The van der Waals surface area contributed by atoms with Gasteiger partial charge in [-0.05, 0) is 255 Å². The highest BCUT2D eigenvalue weighted by molar-refractivity contribution is 9.09. The SMILES string of the molecule is CC(C)(C)OC(=O)NCCCCN.CCOC(=O)CCBr.CCOC(=O)CCCCCCCCC(N)=O.CCOC(=O)CCNCCCCCCNC(=O)OC(C)(C)C.CCOC(=O)CCNCCCCN(C)C.CCOC(=O)CCNCCCCNC(=O)OC(C)(C)C.CCOC(=O)CCNCCCCNC(=O)OC(C)(C)C. The Morgan fingerprint density at radius 2 is 0.509 bits per heavy atom. The number of hydrogen-bond donors (Lipinski definition) is 10. The molecule has 0 aromatic carbocycles. The van der Waals surface area contributed by atoms with Gasteiger partial charge in [-0.1, -0.05) is 54.5 Å². The van der Waals surface area contributed by atoms with Crippen LogP contribution in [0.15, 0.2) is 0 Å². The van der Waals surface area contributed by atoms with E-state index in [2.05, 4.69) is 82.2 Å². The lowest BCUT2D eigenvalue weighted by Crippen LogP contribution is -2.33. The Kier molecular flexibility index (Phi) is 91.1. The third-order valence-electron chi connectivity index (χ3n) is 13.6. The molecule has 5 amide bonds. The van der Waals surface area contributed by atoms with Gasteiger partial charge in [-0.15, -0.1) is 0 Å². The topological polar surface area (TPSA) is 432 Å². The number of halogens is 1. The quantitative estimate of drug-likeness (QED) is 0.0117. The van der Waals surface area contributed by atoms with Crippen LogP contribution in [0.4, 0.5) is 19.2 Å². The zero-order valence-electron chi connectivity index (χ0n) is 74.6. The van der Waals surface area contributed by atoms with Crippen molar-refractivity contribution in [1.82, 2.24) is 47.4 Å². The summed E-state index contributed by atoms with van der Waals surface area (Å²) in [5.74, 6) is -1.07. The predicted octanol–water partition coefficient (Wildman–Crippen LogP) is 11.9. The fourth-order valence-corrected chi connectivity index (χ4v) is 8.78. The Morgan fingerprint density at radius 1 is 0.289 bits per heavy atom. The minimum absolute atomic E-state index is 0.101. The second-order valence-corrected chi connectivity index (χ2v) is 30.7. The molecule has 0 fully saturated rings. The molecule has 33 heteroatoms. The van der Waals surface area contributed by atoms with Crippen molar-refractivity contribution < 1.29 is 100 Å². The summed E-state index contributed by atoms with van der Waals surface area (Å²) in [4.78, 5) is 123. The van der Waals surface area contributed by atoms with Gasteiger partial charge in [-0.3, -0.25) is 33.6 Å². The highest BCUT2D eigenvalue weighted by atomic mass is 79.9. The summed E-state index contributed by atoms with van der Waals surface area (Å²) in [5.41, 5.74) is 8.55. The molecule has 0 spiro atoms. The molecule has 0 bridgehead atoms. The maximum absolute atomic E-state index is 11.4. The number of hydrogen-bond acceptors (Lipinski definition) is 27. The van der Waals surface area contributed by atoms with Crippen LogP contribution in [0.3, 0.4) is 0 Å². The number of nitrogens with zero attached hydrogens (tertiary/aromatic N) is 1. The summed E-state index contributed by atoms with van der Waals surface area (Å²) in [7, 11) is 4.16. The fourth-order valence-electron chi connectivity index (χ4n) is 8.46. The number of esters is 6. The van der Waals surface area contributed by atoms with Crippen molar-refractivity contribution in [2.24, 2.45) is 11.5 Å². The normalized spacial score (nSPS) is 10.7. The van der Waals surface area contributed by atoms with Crippen molar-refractivity contribution in [2.75, 3.05) is 151 Å². The van der Waals surface area contributed by atoms with Crippen LogP contribution in [0.1, 0.15) is 285 Å². The highest BCUT2D eigenvalue weighted by Gasteiger charge is 2.19. The average Bonchev–Trinajstić information content (AvgIpc) is 0.964. The molecule has 0 saturated heterocycles. The first kappa shape index (κ1) is 121. The molecule has 32 nitrogen and oxygen atoms in total. The second kappa shape index (κ2) is 86.0. The summed E-state index contributed by atoms with van der Waals surface area (Å²) >= 11 is 3.12. The van der Waals surface area contributed by atoms with E-state index >= 15 is 0 Å². The van der Waals surface area contributed by atoms with Crippen molar-refractivity contribution in [3.05, 3.63) is 0 Å². The van der Waals surface area contributed by atoms with Crippen LogP contribution in [0.5, 0.6) is 0 Å². The number of nitrogens with one attached hydrogen (secondary N) is 8. The molecule has 0 radical (unpaired) electrons. The third-order valence-corrected chi connectivity index (χ3v) is 14.0. The van der Waals surface area contributed by atoms with Gasteiger partial charge in [0.1, 0.15) is 22.4 Å². The lowest BCUT2D eigenvalue weighted by Gasteiger charge is -2.19. The van der Waals surface area contributed by atoms with Gasteiger partial charge >= 0.3 is 60.2 Å². The molecule has 0 aromatic rings. The highest BCUT2D eigenvalue weighted by Crippen LogP contribution is 2.12. The number of rotatable bonds is 55. The van der Waals surface area contributed by atoms with E-state index in [0.717, 1.165) is 148 Å². The van der Waals surface area contributed by atoms with Crippen LogP contribution in [0, 0.1) is 0 Å². The van der Waals surface area contributed by atoms with Gasteiger partial charge in [-0.2, -0.15) is 0 Å². The average molecular weight is 1710 g/mol. The summed E-state index contributed by atoms with van der Waals surface area (Å²) < 4.78 is 49.1. The molecule has 0 saturated carbocycles. The monoisotopic (exact) mass is 1710 g/mol. The third kappa shape index (κ3) is 124. The van der Waals surface area contributed by atoms with Crippen LogP contribution >= 0.6 is 15.9 Å². The van der Waals surface area contributed by atoms with Crippen LogP contribution in [-0.2, 0) is 80.9 Å². The number of nitrogens with two attached hydrogens (primary N) is 2. The molecule has 0 aliphatic heterocycles. The Morgan fingerprint density at radius 3 is 0.763 bits per heavy atom. The van der Waals surface area contributed by atoms with Crippen LogP contribution in [-0.4, -0.2) is 244 Å². The summed E-state index contributed by atoms with van der Waals surface area (Å²) in [6, 6.07) is 0. The summed E-state index contributed by atoms with van der Waals surface area (Å²) in [6.45, 7) is 46.0. The Balaban J connectivity index is -0.000000238. The Hall–Kier alpha value is -6.39. The minimum atomic E-state index is -0.460. The molecule has 0 aromatic heterocycles. The lowest BCUT2D eigenvalue weighted by molar-refractivity contribution is -0.144. The molecule has 0 aliphatic rings. The van der Waals surface area contributed by atoms with Gasteiger partial charge in [0.15, 0.2) is 0 Å². The number of alkyl carbamates (subject to hydrolysis) is 4. The lowest BCUT2D eigenvalue weighted by atomic mass is 10.1. The fraction of sp³-hybridized carbons (Fsp3) is 0.864. The second-order valence-electron chi connectivity index (χ2n) is 29.9. The van der Waals surface area contributed by atoms with Crippen molar-refractivity contribution >= 4 is 82.0 Å². The molecule has 676 valence electrons. The number of alkyl halides is 1. The first-order chi connectivity index (χ1) is 53.6. The van der Waals surface area contributed by atoms with E-state index < -0.39 is 22.4 Å². The number of carbonyl (C=O) groups is 11. The largest absolute Gasteiger partial charge is 0.466 e. The van der Waals surface area contributed by atoms with E-state index in [1.165, 1.54) is 6.42 Å². The molecule has 114 heavy (non-hydrogen) atoms. The minimum Gasteiger partial charge on any atom is -0.466 e. The molecule has 0 unspecified atom stereocenters. The van der Waals surface area contributed by atoms with Crippen molar-refractivity contribution in [2.45, 2.75) is 308 Å². The van der Waals surface area contributed by atoms with Gasteiger partial charge in [0.2, 0.25) is 5.91 Å². The number of unbranched alkanes of at least 4 members (excludes halogenated alkanes) is 12. The molecule has 0 aliphatic carbocycles. The Labute approximate surface area is 696 Å². The first-order valence-corrected chi connectivity index (χ1v) is 42.6. The molecule has 0 atom stereocenters. The van der Waals surface area contributed by atoms with E-state index in [4.69, 9.17) is 54.1 Å². The van der Waals surface area contributed by atoms with Crippen LogP contribution < -0.4 is 54.0 Å². The molecular weight excluding hydrogens is 1540 g/mol. The molecular formula is C81H164BrN11O21. The number of amides is 5.